The summed E-state index contributed by atoms with van der Waals surface area (Å²) in [5.74, 6) is -0.452. The van der Waals surface area contributed by atoms with Gasteiger partial charge in [0.1, 0.15) is 5.69 Å². The van der Waals surface area contributed by atoms with E-state index in [1.54, 1.807) is 4.90 Å². The van der Waals surface area contributed by atoms with Gasteiger partial charge in [-0.25, -0.2) is 4.98 Å². The number of ether oxygens (including phenoxy) is 3. The number of carbonyl (C=O) groups is 1. The average molecular weight is 737 g/mol. The SMILES string of the molecule is COc1nc(OC)c(CN2CC3CN(C(=O)c4cnccn4)CCN3C(C(c3ccccc3)c3ccccc3)C2)c(OCC(F)(F)F)n1.Cl.Cl. The van der Waals surface area contributed by atoms with Gasteiger partial charge in [-0.3, -0.25) is 19.6 Å². The molecule has 2 saturated heterocycles. The molecule has 6 rings (SSSR count). The quantitative estimate of drug-likeness (QED) is 0.223. The minimum absolute atomic E-state index is 0. The van der Waals surface area contributed by atoms with Crippen molar-refractivity contribution in [3.05, 3.63) is 102 Å². The van der Waals surface area contributed by atoms with E-state index >= 15 is 0 Å². The van der Waals surface area contributed by atoms with E-state index in [1.165, 1.54) is 32.8 Å². The van der Waals surface area contributed by atoms with Crippen molar-refractivity contribution in [3.8, 4) is 17.8 Å². The van der Waals surface area contributed by atoms with E-state index in [9.17, 15) is 18.0 Å². The van der Waals surface area contributed by atoms with Crippen LogP contribution in [0.4, 0.5) is 13.2 Å². The van der Waals surface area contributed by atoms with Gasteiger partial charge < -0.3 is 19.1 Å². The van der Waals surface area contributed by atoms with Crippen LogP contribution in [-0.4, -0.2) is 112 Å². The molecule has 0 aliphatic carbocycles. The fraction of sp³-hybridized carbons (Fsp3) is 0.382. The van der Waals surface area contributed by atoms with Crippen LogP contribution < -0.4 is 14.2 Å². The molecule has 0 N–H and O–H groups in total. The molecule has 2 atom stereocenters. The maximum Gasteiger partial charge on any atom is 0.422 e. The molecule has 0 bridgehead atoms. The van der Waals surface area contributed by atoms with E-state index in [0.717, 1.165) is 11.1 Å². The number of alkyl halides is 3. The van der Waals surface area contributed by atoms with Crippen molar-refractivity contribution in [2.24, 2.45) is 0 Å². The minimum atomic E-state index is -4.58. The highest BCUT2D eigenvalue weighted by Crippen LogP contribution is 2.38. The summed E-state index contributed by atoms with van der Waals surface area (Å²) in [5.41, 5.74) is 2.81. The number of piperazine rings is 2. The largest absolute Gasteiger partial charge is 0.481 e. The molecule has 2 fully saturated rings. The van der Waals surface area contributed by atoms with E-state index in [2.05, 4.69) is 54.0 Å². The summed E-state index contributed by atoms with van der Waals surface area (Å²) in [6.07, 6.45) is -0.104. The lowest BCUT2D eigenvalue weighted by atomic mass is 9.81. The van der Waals surface area contributed by atoms with E-state index in [1.807, 2.05) is 36.4 Å². The van der Waals surface area contributed by atoms with Gasteiger partial charge in [-0.2, -0.15) is 23.1 Å². The lowest BCUT2D eigenvalue weighted by Gasteiger charge is -2.53. The highest BCUT2D eigenvalue weighted by molar-refractivity contribution is 5.92. The van der Waals surface area contributed by atoms with Crippen molar-refractivity contribution in [1.29, 1.82) is 0 Å². The predicted molar refractivity (Wildman–Crippen MR) is 183 cm³/mol. The average Bonchev–Trinajstić information content (AvgIpc) is 3.11. The monoisotopic (exact) mass is 735 g/mol. The molecule has 2 unspecified atom stereocenters. The van der Waals surface area contributed by atoms with Crippen LogP contribution in [0.25, 0.3) is 0 Å². The number of halogens is 5. The smallest absolute Gasteiger partial charge is 0.422 e. The first-order chi connectivity index (χ1) is 23.2. The van der Waals surface area contributed by atoms with Crippen molar-refractivity contribution < 1.29 is 32.2 Å². The third-order valence-corrected chi connectivity index (χ3v) is 8.68. The van der Waals surface area contributed by atoms with Crippen molar-refractivity contribution in [2.75, 3.05) is 53.6 Å². The summed E-state index contributed by atoms with van der Waals surface area (Å²) >= 11 is 0. The Balaban J connectivity index is 0.00000281. The Labute approximate surface area is 300 Å². The number of carbonyl (C=O) groups excluding carboxylic acids is 1. The zero-order valence-corrected chi connectivity index (χ0v) is 29.0. The van der Waals surface area contributed by atoms with Crippen LogP contribution in [0, 0.1) is 0 Å². The minimum Gasteiger partial charge on any atom is -0.481 e. The molecular weight excluding hydrogens is 698 g/mol. The van der Waals surface area contributed by atoms with Gasteiger partial charge >= 0.3 is 12.2 Å². The molecule has 1 amide bonds. The molecule has 11 nitrogen and oxygen atoms in total. The van der Waals surface area contributed by atoms with Crippen LogP contribution in [0.1, 0.15) is 33.1 Å². The van der Waals surface area contributed by atoms with E-state index in [0.29, 0.717) is 32.7 Å². The van der Waals surface area contributed by atoms with Crippen LogP contribution in [0.5, 0.6) is 17.8 Å². The van der Waals surface area contributed by atoms with Crippen LogP contribution in [0.3, 0.4) is 0 Å². The lowest BCUT2D eigenvalue weighted by Crippen LogP contribution is -2.67. The normalized spacial score (nSPS) is 18.0. The fourth-order valence-electron chi connectivity index (χ4n) is 6.66. The predicted octanol–water partition coefficient (Wildman–Crippen LogP) is 4.91. The number of hydrogen-bond donors (Lipinski definition) is 0. The summed E-state index contributed by atoms with van der Waals surface area (Å²) in [5, 5.41) is 0. The van der Waals surface area contributed by atoms with Gasteiger partial charge in [0.2, 0.25) is 11.8 Å². The summed E-state index contributed by atoms with van der Waals surface area (Å²) in [6, 6.07) is 20.1. The fourth-order valence-corrected chi connectivity index (χ4v) is 6.66. The first-order valence-electron chi connectivity index (χ1n) is 15.6. The number of benzene rings is 2. The second kappa shape index (κ2) is 17.1. The lowest BCUT2D eigenvalue weighted by molar-refractivity contribution is -0.154. The van der Waals surface area contributed by atoms with Crippen molar-refractivity contribution in [1.82, 2.24) is 34.6 Å². The molecule has 2 aliphatic heterocycles. The standard InChI is InChI=1S/C34H36F3N7O4.2ClH/c1-46-30-26(31(41-33(40-30)47-2)48-22-34(35,36)37)20-42-18-25-19-43(32(45)27-17-38-13-14-39-27)15-16-44(25)28(21-42)29(23-9-5-3-6-10-23)24-11-7-4-8-12-24;;/h3-14,17,25,28-29H,15-16,18-22H2,1-2H3;2*1H. The van der Waals surface area contributed by atoms with Crippen molar-refractivity contribution in [2.45, 2.75) is 30.7 Å². The second-order valence-corrected chi connectivity index (χ2v) is 11.7. The number of methoxy groups -OCH3 is 2. The first kappa shape index (κ1) is 38.6. The second-order valence-electron chi connectivity index (χ2n) is 11.7. The van der Waals surface area contributed by atoms with Gasteiger partial charge in [0.05, 0.1) is 26.0 Å². The molecule has 16 heteroatoms. The van der Waals surface area contributed by atoms with Crippen LogP contribution in [0.2, 0.25) is 0 Å². The molecule has 0 radical (unpaired) electrons. The van der Waals surface area contributed by atoms with Crippen LogP contribution in [-0.2, 0) is 6.54 Å². The highest BCUT2D eigenvalue weighted by Gasteiger charge is 2.44. The first-order valence-corrected chi connectivity index (χ1v) is 15.6. The molecular formula is C34H38Cl2F3N7O4. The number of aromatic nitrogens is 4. The Bertz CT molecular complexity index is 1640. The van der Waals surface area contributed by atoms with Crippen molar-refractivity contribution in [3.63, 3.8) is 0 Å². The maximum absolute atomic E-state index is 13.5. The van der Waals surface area contributed by atoms with E-state index in [4.69, 9.17) is 14.2 Å². The molecule has 50 heavy (non-hydrogen) atoms. The Kier molecular flexibility index (Phi) is 13.2. The zero-order chi connectivity index (χ0) is 33.7. The topological polar surface area (TPSA) is 106 Å². The van der Waals surface area contributed by atoms with E-state index < -0.39 is 12.8 Å². The Morgan fingerprint density at radius 3 is 2.12 bits per heavy atom. The number of hydrogen-bond acceptors (Lipinski definition) is 10. The molecule has 4 aromatic rings. The number of rotatable bonds is 10. The summed E-state index contributed by atoms with van der Waals surface area (Å²) < 4.78 is 55.7. The Morgan fingerprint density at radius 1 is 0.880 bits per heavy atom. The van der Waals surface area contributed by atoms with Crippen molar-refractivity contribution >= 4 is 30.7 Å². The Hall–Kier alpha value is -4.24. The molecule has 268 valence electrons. The summed E-state index contributed by atoms with van der Waals surface area (Å²) in [4.78, 5) is 36.6. The third kappa shape index (κ3) is 8.91. The maximum atomic E-state index is 13.5. The molecule has 2 aliphatic rings. The Morgan fingerprint density at radius 2 is 1.54 bits per heavy atom. The number of fused-ring (bicyclic) bond motifs is 1. The molecule has 0 spiro atoms. The molecule has 2 aromatic carbocycles. The number of nitrogens with zero attached hydrogens (tertiary/aromatic N) is 7. The third-order valence-electron chi connectivity index (χ3n) is 8.68. The van der Waals surface area contributed by atoms with Gasteiger partial charge in [0, 0.05) is 69.7 Å². The van der Waals surface area contributed by atoms with E-state index in [-0.39, 0.29) is 84.3 Å². The molecule has 0 saturated carbocycles. The van der Waals surface area contributed by atoms with Gasteiger partial charge in [-0.1, -0.05) is 60.7 Å². The summed E-state index contributed by atoms with van der Waals surface area (Å²) in [7, 11) is 2.70. The highest BCUT2D eigenvalue weighted by atomic mass is 35.5. The molecule has 2 aromatic heterocycles. The zero-order valence-electron chi connectivity index (χ0n) is 27.4. The van der Waals surface area contributed by atoms with Gasteiger partial charge in [0.25, 0.3) is 5.91 Å². The summed E-state index contributed by atoms with van der Waals surface area (Å²) in [6.45, 7) is 1.21. The number of amides is 1. The van der Waals surface area contributed by atoms with Gasteiger partial charge in [0.15, 0.2) is 6.61 Å². The van der Waals surface area contributed by atoms with Gasteiger partial charge in [-0.05, 0) is 11.1 Å². The van der Waals surface area contributed by atoms with Gasteiger partial charge in [-0.15, -0.1) is 24.8 Å². The van der Waals surface area contributed by atoms with Crippen LogP contribution >= 0.6 is 24.8 Å². The molecule has 4 heterocycles. The van der Waals surface area contributed by atoms with Crippen LogP contribution in [0.15, 0.2) is 79.3 Å².